The molecule has 0 radical (unpaired) electrons. The molecule has 0 atom stereocenters. The summed E-state index contributed by atoms with van der Waals surface area (Å²) in [6, 6.07) is 17.8. The van der Waals surface area contributed by atoms with E-state index < -0.39 is 24.1 Å². The average molecular weight is 858 g/mol. The van der Waals surface area contributed by atoms with Crippen molar-refractivity contribution in [1.82, 2.24) is 4.57 Å². The molecule has 0 saturated carbocycles. The Morgan fingerprint density at radius 2 is 1.23 bits per heavy atom. The fourth-order valence-electron chi connectivity index (χ4n) is 2.82. The summed E-state index contributed by atoms with van der Waals surface area (Å²) in [4.78, 5) is 9.68. The highest BCUT2D eigenvalue weighted by molar-refractivity contribution is 8.00. The lowest BCUT2D eigenvalue weighted by molar-refractivity contribution is -0.137. The first kappa shape index (κ1) is 53.5. The summed E-state index contributed by atoms with van der Waals surface area (Å²) in [5.41, 5.74) is 25.4. The number of anilines is 5. The van der Waals surface area contributed by atoms with Crippen LogP contribution in [0.4, 0.5) is 68.0 Å². The highest BCUT2D eigenvalue weighted by Gasteiger charge is 2.31. The first-order chi connectivity index (χ1) is 23.6. The molecule has 7 nitrogen and oxygen atoms in total. The number of hydrogen-bond donors (Lipinski definition) is 5. The van der Waals surface area contributed by atoms with Crippen molar-refractivity contribution in [2.45, 2.75) is 53.7 Å². The number of nitrogen functional groups attached to an aromatic ring is 4. The van der Waals surface area contributed by atoms with Gasteiger partial charge in [0.05, 0.1) is 45.6 Å². The van der Waals surface area contributed by atoms with Gasteiger partial charge in [-0.2, -0.15) is 39.5 Å². The number of alkyl halides is 10. The number of aromatic nitrogens is 1. The van der Waals surface area contributed by atoms with E-state index in [1.807, 2.05) is 30.3 Å². The molecule has 1 aromatic heterocycles. The second-order valence-electron chi connectivity index (χ2n) is 9.78. The summed E-state index contributed by atoms with van der Waals surface area (Å²) in [7, 11) is 0. The molecule has 0 aliphatic carbocycles. The molecule has 0 aliphatic heterocycles. The van der Waals surface area contributed by atoms with E-state index in [1.165, 1.54) is 24.3 Å². The predicted molar refractivity (Wildman–Crippen MR) is 210 cm³/mol. The van der Waals surface area contributed by atoms with Crippen LogP contribution in [0.5, 0.6) is 0 Å². The zero-order chi connectivity index (χ0) is 41.0. The zero-order valence-electron chi connectivity index (χ0n) is 27.7. The van der Waals surface area contributed by atoms with Gasteiger partial charge in [-0.1, -0.05) is 36.0 Å². The van der Waals surface area contributed by atoms with E-state index in [-0.39, 0.29) is 44.3 Å². The number of hydrogen-bond acceptors (Lipinski definition) is 9. The number of thiazole rings is 1. The van der Waals surface area contributed by atoms with Crippen LogP contribution in [0.2, 0.25) is 0 Å². The van der Waals surface area contributed by atoms with Gasteiger partial charge in [0.15, 0.2) is 3.95 Å². The van der Waals surface area contributed by atoms with Crippen LogP contribution in [0.25, 0.3) is 5.69 Å². The summed E-state index contributed by atoms with van der Waals surface area (Å²) in [6.07, 6.45) is -12.4. The van der Waals surface area contributed by atoms with Crippen LogP contribution in [0, 0.1) is 10.9 Å². The largest absolute Gasteiger partial charge is 0.416 e. The SMILES string of the molecule is C.CC(=O)CCl.CC(F)(F)F.CC(F)(F)F.Cc1csc(=S)n1-c1cc(C(F)(F)F)ccc1N.Nc1ccccc1N.Nc1ccccc1NC(=S)[S-]. The third kappa shape index (κ3) is 28.3. The van der Waals surface area contributed by atoms with E-state index in [2.05, 4.69) is 30.2 Å². The predicted octanol–water partition coefficient (Wildman–Crippen LogP) is 11.1. The van der Waals surface area contributed by atoms with Crippen molar-refractivity contribution >= 4 is 98.5 Å². The summed E-state index contributed by atoms with van der Waals surface area (Å²) < 4.78 is 102. The Morgan fingerprint density at radius 3 is 1.53 bits per heavy atom. The molecule has 1 heterocycles. The van der Waals surface area contributed by atoms with Crippen molar-refractivity contribution < 1.29 is 44.3 Å². The van der Waals surface area contributed by atoms with Crippen molar-refractivity contribution in [3.8, 4) is 5.69 Å². The van der Waals surface area contributed by atoms with Gasteiger partial charge in [-0.25, -0.2) is 0 Å². The molecule has 0 fully saturated rings. The van der Waals surface area contributed by atoms with E-state index in [0.29, 0.717) is 25.3 Å². The molecule has 3 aromatic carbocycles. The highest BCUT2D eigenvalue weighted by atomic mass is 35.5. The molecule has 9 N–H and O–H groups in total. The Labute approximate surface area is 326 Å². The van der Waals surface area contributed by atoms with E-state index in [4.69, 9.17) is 46.8 Å². The summed E-state index contributed by atoms with van der Waals surface area (Å²) >= 11 is 20.7. The highest BCUT2D eigenvalue weighted by Crippen LogP contribution is 2.33. The first-order valence-electron chi connectivity index (χ1n) is 13.8. The van der Waals surface area contributed by atoms with Crippen LogP contribution < -0.4 is 28.3 Å². The number of carbonyl (C=O) groups is 1. The fraction of sp³-hybridized carbons (Fsp3) is 0.281. The summed E-state index contributed by atoms with van der Waals surface area (Å²) in [5, 5.41) is 4.57. The van der Waals surface area contributed by atoms with E-state index in [0.717, 1.165) is 23.5 Å². The van der Waals surface area contributed by atoms with Gasteiger partial charge in [-0.15, -0.1) is 22.9 Å². The third-order valence-electron chi connectivity index (χ3n) is 4.85. The van der Waals surface area contributed by atoms with Crippen molar-refractivity contribution in [1.29, 1.82) is 0 Å². The van der Waals surface area contributed by atoms with Crippen LogP contribution in [0.1, 0.15) is 39.5 Å². The van der Waals surface area contributed by atoms with E-state index in [9.17, 15) is 44.3 Å². The molecule has 4 rings (SSSR count). The molecule has 4 aromatic rings. The molecule has 0 bridgehead atoms. The maximum absolute atomic E-state index is 12.7. The van der Waals surface area contributed by atoms with Crippen LogP contribution >= 0.6 is 47.4 Å². The number of nitrogens with zero attached hydrogens (tertiary/aromatic N) is 1. The van der Waals surface area contributed by atoms with Gasteiger partial charge in [0.25, 0.3) is 0 Å². The normalized spacial score (nSPS) is 10.2. The number of nitrogens with two attached hydrogens (primary N) is 4. The lowest BCUT2D eigenvalue weighted by Gasteiger charge is -2.13. The van der Waals surface area contributed by atoms with Gasteiger partial charge >= 0.3 is 18.5 Å². The number of para-hydroxylation sites is 4. The van der Waals surface area contributed by atoms with Gasteiger partial charge in [-0.05, 0) is 68.5 Å². The minimum absolute atomic E-state index is 0. The Morgan fingerprint density at radius 1 is 0.830 bits per heavy atom. The lowest BCUT2D eigenvalue weighted by atomic mass is 10.1. The van der Waals surface area contributed by atoms with Gasteiger partial charge in [0.1, 0.15) is 5.78 Å². The summed E-state index contributed by atoms with van der Waals surface area (Å²) in [6.45, 7) is 3.60. The molecule has 21 heteroatoms. The third-order valence-corrected chi connectivity index (χ3v) is 6.74. The molecule has 0 saturated heterocycles. The molecular formula is C32H39ClF9N6OS4-. The van der Waals surface area contributed by atoms with Crippen molar-refractivity contribution in [2.75, 3.05) is 34.1 Å². The number of ketones is 1. The quantitative estimate of drug-likeness (QED) is 0.0448. The molecule has 0 unspecified atom stereocenters. The topological polar surface area (TPSA) is 138 Å². The Bertz CT molecular complexity index is 1700. The van der Waals surface area contributed by atoms with Gasteiger partial charge in [-0.3, -0.25) is 9.36 Å². The Kier molecular flexibility index (Phi) is 25.5. The molecule has 53 heavy (non-hydrogen) atoms. The first-order valence-corrected chi connectivity index (χ1v) is 16.5. The fourth-order valence-corrected chi connectivity index (χ4v) is 4.15. The van der Waals surface area contributed by atoms with E-state index >= 15 is 0 Å². The van der Waals surface area contributed by atoms with Gasteiger partial charge in [0, 0.05) is 24.9 Å². The Balaban J connectivity index is -0.000000616. The molecule has 0 amide bonds. The zero-order valence-corrected chi connectivity index (χ0v) is 31.7. The molecular weight excluding hydrogens is 819 g/mol. The minimum atomic E-state index is -4.39. The second kappa shape index (κ2) is 25.2. The van der Waals surface area contributed by atoms with Crippen LogP contribution in [-0.4, -0.2) is 32.9 Å². The average Bonchev–Trinajstić information content (AvgIpc) is 3.32. The maximum Gasteiger partial charge on any atom is 0.416 e. The molecule has 298 valence electrons. The van der Waals surface area contributed by atoms with Crippen molar-refractivity contribution in [2.24, 2.45) is 0 Å². The molecule has 0 spiro atoms. The number of thiocarbonyl (C=S) groups is 1. The van der Waals surface area contributed by atoms with Crippen molar-refractivity contribution in [3.05, 3.63) is 87.3 Å². The van der Waals surface area contributed by atoms with E-state index in [1.54, 1.807) is 35.1 Å². The van der Waals surface area contributed by atoms with Crippen LogP contribution in [-0.2, 0) is 23.6 Å². The number of nitrogens with one attached hydrogen (secondary N) is 1. The number of benzene rings is 3. The minimum Gasteiger partial charge on any atom is -0.411 e. The summed E-state index contributed by atoms with van der Waals surface area (Å²) in [5.74, 6) is 0.159. The van der Waals surface area contributed by atoms with Crippen LogP contribution in [0.3, 0.4) is 0 Å². The molecule has 0 aliphatic rings. The van der Waals surface area contributed by atoms with Gasteiger partial charge < -0.3 is 53.1 Å². The lowest BCUT2D eigenvalue weighted by Crippen LogP contribution is -2.08. The second-order valence-corrected chi connectivity index (χ2v) is 12.6. The van der Waals surface area contributed by atoms with Crippen LogP contribution in [0.15, 0.2) is 72.1 Å². The number of Topliss-reactive ketones (excluding diaryl/α,β-unsaturated/α-hetero) is 1. The monoisotopic (exact) mass is 857 g/mol. The number of rotatable bonds is 3. The maximum atomic E-state index is 12.7. The van der Waals surface area contributed by atoms with Crippen molar-refractivity contribution in [3.63, 3.8) is 0 Å². The number of aryl methyl sites for hydroxylation is 1. The smallest absolute Gasteiger partial charge is 0.411 e. The Hall–Kier alpha value is -3.85. The number of carbonyl (C=O) groups excluding carboxylic acids is 1. The van der Waals surface area contributed by atoms with Gasteiger partial charge in [0.2, 0.25) is 0 Å². The standard InChI is InChI=1S/C11H9F3N2S2.C7H8N2S2.C6H8N2.C3H5ClO.2C2H3F3.CH4/c1-6-5-18-10(17)16(6)9-4-7(11(12,13)14)2-3-8(9)15;8-5-3-1-2-4-6(5)9-7(10)11;7-5-3-1-2-4-6(5)8;1-3(5)2-4;2*1-2(3,4)5;/h2-5H,15H2,1H3;1-4H,8H2,(H2,9,10,11);1-4H,7-8H2;2H2,1H3;2*1H3;1H4/p-1. The number of halogens is 10.